The Kier molecular flexibility index (Phi) is 8.91. The second kappa shape index (κ2) is 12.9. The number of fused-ring (bicyclic) bond motifs is 1. The molecule has 2 heterocycles. The Morgan fingerprint density at radius 1 is 0.615 bits per heavy atom. The Bertz CT molecular complexity index is 1420. The summed E-state index contributed by atoms with van der Waals surface area (Å²) in [6.07, 6.45) is 1.82. The van der Waals surface area contributed by atoms with Gasteiger partial charge in [-0.1, -0.05) is 131 Å². The monoisotopic (exact) mass is 644 g/mol. The molecule has 1 aliphatic heterocycles. The summed E-state index contributed by atoms with van der Waals surface area (Å²) in [4.78, 5) is 25.6. The molecule has 0 radical (unpaired) electrons. The van der Waals surface area contributed by atoms with Crippen LogP contribution in [0.25, 0.3) is 0 Å². The van der Waals surface area contributed by atoms with E-state index in [1.54, 1.807) is 28.9 Å². The number of hydrogen-bond donors (Lipinski definition) is 0. The highest BCUT2D eigenvalue weighted by atomic mass is 127. The van der Waals surface area contributed by atoms with E-state index in [-0.39, 0.29) is 11.8 Å². The Balaban J connectivity index is 0.000000158. The van der Waals surface area contributed by atoms with Crippen molar-refractivity contribution in [1.29, 1.82) is 0 Å². The molecule has 0 aliphatic carbocycles. The molecule has 1 aromatic heterocycles. The normalized spacial score (nSPS) is 12.3. The van der Waals surface area contributed by atoms with Gasteiger partial charge < -0.3 is 0 Å². The summed E-state index contributed by atoms with van der Waals surface area (Å²) in [5.74, 6) is -0.473. The van der Waals surface area contributed by atoms with E-state index < -0.39 is 7.92 Å². The molecule has 0 unspecified atom stereocenters. The molecule has 0 bridgehead atoms. The fraction of sp³-hybridized carbons (Fsp3) is 0.0968. The van der Waals surface area contributed by atoms with Gasteiger partial charge in [-0.3, -0.25) is 19.2 Å². The van der Waals surface area contributed by atoms with Crippen LogP contribution >= 0.6 is 30.5 Å². The molecule has 2 amide bonds. The van der Waals surface area contributed by atoms with E-state index >= 15 is 0 Å². The molecule has 0 N–H and O–H groups in total. The molecule has 6 rings (SSSR count). The van der Waals surface area contributed by atoms with Crippen molar-refractivity contribution in [2.45, 2.75) is 11.0 Å². The van der Waals surface area contributed by atoms with Gasteiger partial charge in [-0.25, -0.2) is 0 Å². The quantitative estimate of drug-likeness (QED) is 0.109. The van der Waals surface area contributed by atoms with Crippen molar-refractivity contribution in [3.05, 3.63) is 138 Å². The summed E-state index contributed by atoms with van der Waals surface area (Å²) < 4.78 is 2.43. The summed E-state index contributed by atoms with van der Waals surface area (Å²) in [5.41, 5.74) is 1.83. The van der Waals surface area contributed by atoms with Crippen LogP contribution in [-0.2, 0) is 11.0 Å². The maximum atomic E-state index is 12.1. The van der Waals surface area contributed by atoms with E-state index in [1.165, 1.54) is 20.8 Å². The molecule has 0 atom stereocenters. The number of benzene rings is 4. The van der Waals surface area contributed by atoms with Gasteiger partial charge in [0.25, 0.3) is 11.8 Å². The molecule has 0 saturated carbocycles. The Labute approximate surface area is 242 Å². The fourth-order valence-electron chi connectivity index (χ4n) is 4.33. The number of hydrogen-bond acceptors (Lipinski definition) is 4. The number of nitrogens with zero attached hydrogens (tertiary/aromatic N) is 4. The Hall–Kier alpha value is -3.68. The van der Waals surface area contributed by atoms with Crippen molar-refractivity contribution in [1.82, 2.24) is 19.9 Å². The second-order valence-electron chi connectivity index (χ2n) is 8.76. The van der Waals surface area contributed by atoms with Crippen LogP contribution in [0.1, 0.15) is 26.4 Å². The first-order valence-corrected chi connectivity index (χ1v) is 15.4. The molecule has 8 heteroatoms. The number of amides is 2. The first-order chi connectivity index (χ1) is 19.2. The van der Waals surface area contributed by atoms with Crippen LogP contribution in [0.3, 0.4) is 0 Å². The minimum Gasteiger partial charge on any atom is -0.272 e. The van der Waals surface area contributed by atoms with Gasteiger partial charge in [-0.15, -0.1) is 5.10 Å². The van der Waals surface area contributed by atoms with E-state index in [0.717, 1.165) is 10.1 Å². The molecule has 39 heavy (non-hydrogen) atoms. The Morgan fingerprint density at radius 2 is 1.05 bits per heavy atom. The minimum absolute atomic E-state index is 0.236. The summed E-state index contributed by atoms with van der Waals surface area (Å²) in [7, 11) is -0.446. The molecular weight excluding hydrogens is 618 g/mol. The van der Waals surface area contributed by atoms with Crippen LogP contribution in [0, 0.1) is 0 Å². The smallest absolute Gasteiger partial charge is 0.261 e. The van der Waals surface area contributed by atoms with E-state index in [2.05, 4.69) is 124 Å². The topological polar surface area (TPSA) is 68.1 Å². The average Bonchev–Trinajstić information content (AvgIpc) is 3.56. The highest BCUT2D eigenvalue weighted by molar-refractivity contribution is 14.1. The van der Waals surface area contributed by atoms with Gasteiger partial charge in [0.15, 0.2) is 0 Å². The van der Waals surface area contributed by atoms with Gasteiger partial charge in [-0.2, -0.15) is 0 Å². The Morgan fingerprint density at radius 3 is 1.46 bits per heavy atom. The van der Waals surface area contributed by atoms with Gasteiger partial charge in [0, 0.05) is 17.2 Å². The fourth-order valence-corrected chi connectivity index (χ4v) is 6.99. The van der Waals surface area contributed by atoms with E-state index in [0.29, 0.717) is 24.2 Å². The van der Waals surface area contributed by atoms with Crippen molar-refractivity contribution in [3.63, 3.8) is 0 Å². The van der Waals surface area contributed by atoms with Crippen LogP contribution in [0.2, 0.25) is 0 Å². The summed E-state index contributed by atoms with van der Waals surface area (Å²) in [5, 5.41) is 12.1. The lowest BCUT2D eigenvalue weighted by Gasteiger charge is -2.18. The van der Waals surface area contributed by atoms with Crippen LogP contribution in [0.5, 0.6) is 0 Å². The predicted molar refractivity (Wildman–Crippen MR) is 165 cm³/mol. The molecule has 0 spiro atoms. The third-order valence-electron chi connectivity index (χ3n) is 6.20. The van der Waals surface area contributed by atoms with Crippen LogP contribution in [0.15, 0.2) is 121 Å². The van der Waals surface area contributed by atoms with E-state index in [4.69, 9.17) is 0 Å². The van der Waals surface area contributed by atoms with E-state index in [1.807, 2.05) is 6.20 Å². The van der Waals surface area contributed by atoms with Gasteiger partial charge in [0.1, 0.15) is 0 Å². The van der Waals surface area contributed by atoms with E-state index in [9.17, 15) is 9.59 Å². The maximum Gasteiger partial charge on any atom is 0.261 e. The van der Waals surface area contributed by atoms with Crippen molar-refractivity contribution in [2.24, 2.45) is 0 Å². The standard InChI is InChI=1S/C18H15P.C13H11IN4O2/c1-4-10-16(11-5-1)19(17-12-6-2-7-13-17)18-14-8-3-9-15-18;14-7-9-8-17(16-15-9)5-6-18-12(19)10-3-1-2-4-11(10)13(18)20/h1-15H;1-4,8H,5-7H2. The van der Waals surface area contributed by atoms with Gasteiger partial charge >= 0.3 is 0 Å². The lowest BCUT2D eigenvalue weighted by Crippen LogP contribution is -2.33. The molecule has 4 aromatic carbocycles. The van der Waals surface area contributed by atoms with Crippen molar-refractivity contribution in [2.75, 3.05) is 6.54 Å². The zero-order chi connectivity index (χ0) is 27.0. The molecule has 5 aromatic rings. The number of aromatic nitrogens is 3. The first kappa shape index (κ1) is 26.9. The van der Waals surface area contributed by atoms with Gasteiger partial charge in [-0.05, 0) is 36.0 Å². The second-order valence-corrected chi connectivity index (χ2v) is 11.7. The van der Waals surface area contributed by atoms with Gasteiger partial charge in [0.2, 0.25) is 0 Å². The number of carbonyl (C=O) groups excluding carboxylic acids is 2. The lowest BCUT2D eigenvalue weighted by molar-refractivity contribution is 0.0647. The number of imide groups is 1. The number of alkyl halides is 1. The molecular formula is C31H26IN4O2P. The van der Waals surface area contributed by atoms with Crippen molar-refractivity contribution in [3.8, 4) is 0 Å². The van der Waals surface area contributed by atoms with Crippen molar-refractivity contribution < 1.29 is 9.59 Å². The third kappa shape index (κ3) is 6.32. The number of carbonyl (C=O) groups is 2. The molecule has 0 fully saturated rings. The number of halogens is 1. The van der Waals surface area contributed by atoms with Crippen LogP contribution in [0.4, 0.5) is 0 Å². The SMILES string of the molecule is O=C1c2ccccc2C(=O)N1CCn1cc(CI)nn1.c1ccc(P(c2ccccc2)c2ccccc2)cc1. The van der Waals surface area contributed by atoms with Gasteiger partial charge in [0.05, 0.1) is 23.4 Å². The minimum atomic E-state index is -0.446. The number of rotatable bonds is 7. The predicted octanol–water partition coefficient (Wildman–Crippen LogP) is 4.95. The van der Waals surface area contributed by atoms with Crippen LogP contribution in [-0.4, -0.2) is 38.3 Å². The summed E-state index contributed by atoms with van der Waals surface area (Å²) in [6, 6.07) is 39.2. The molecule has 1 aliphatic rings. The first-order valence-electron chi connectivity index (χ1n) is 12.5. The largest absolute Gasteiger partial charge is 0.272 e. The third-order valence-corrected chi connectivity index (χ3v) is 9.42. The zero-order valence-corrected chi connectivity index (χ0v) is 24.2. The molecule has 0 saturated heterocycles. The van der Waals surface area contributed by atoms with Crippen LogP contribution < -0.4 is 15.9 Å². The average molecular weight is 644 g/mol. The highest BCUT2D eigenvalue weighted by Crippen LogP contribution is 2.32. The zero-order valence-electron chi connectivity index (χ0n) is 21.1. The highest BCUT2D eigenvalue weighted by Gasteiger charge is 2.34. The summed E-state index contributed by atoms with van der Waals surface area (Å²) in [6.45, 7) is 0.755. The summed E-state index contributed by atoms with van der Waals surface area (Å²) >= 11 is 2.21. The van der Waals surface area contributed by atoms with Crippen molar-refractivity contribution >= 4 is 58.2 Å². The lowest BCUT2D eigenvalue weighted by atomic mass is 10.1. The molecule has 6 nitrogen and oxygen atoms in total. The molecule has 194 valence electrons. The maximum absolute atomic E-state index is 12.1.